The lowest BCUT2D eigenvalue weighted by Gasteiger charge is -2.33. The Morgan fingerprint density at radius 3 is 1.23 bits per heavy atom. The molecule has 0 saturated heterocycles. The van der Waals surface area contributed by atoms with Crippen LogP contribution in [0, 0.1) is 11.8 Å². The molecular weight excluding hydrogens is 524 g/mol. The highest BCUT2D eigenvalue weighted by atomic mass is 16.3. The SMILES string of the molecule is CC(c1ccccc1)C1CCC(c2ccc(Cc3ccc(C4CCC(C(C)c5ccccc5)CC4)c(O)c3)cc2O)CC1. The van der Waals surface area contributed by atoms with Gasteiger partial charge in [0.05, 0.1) is 0 Å². The van der Waals surface area contributed by atoms with Crippen LogP contribution in [-0.4, -0.2) is 10.2 Å². The van der Waals surface area contributed by atoms with E-state index in [0.29, 0.717) is 53.4 Å². The van der Waals surface area contributed by atoms with Gasteiger partial charge in [0.1, 0.15) is 11.5 Å². The zero-order chi connectivity index (χ0) is 29.8. The molecule has 43 heavy (non-hydrogen) atoms. The van der Waals surface area contributed by atoms with E-state index in [-0.39, 0.29) is 0 Å². The van der Waals surface area contributed by atoms with Gasteiger partial charge in [-0.25, -0.2) is 0 Å². The van der Waals surface area contributed by atoms with Gasteiger partial charge in [-0.15, -0.1) is 0 Å². The summed E-state index contributed by atoms with van der Waals surface area (Å²) < 4.78 is 0. The summed E-state index contributed by atoms with van der Waals surface area (Å²) in [6, 6.07) is 34.4. The molecule has 0 aromatic heterocycles. The zero-order valence-electron chi connectivity index (χ0n) is 26.0. The van der Waals surface area contributed by atoms with Gasteiger partial charge in [-0.1, -0.05) is 98.8 Å². The van der Waals surface area contributed by atoms with Crippen molar-refractivity contribution in [3.63, 3.8) is 0 Å². The molecule has 2 aliphatic rings. The van der Waals surface area contributed by atoms with Crippen molar-refractivity contribution in [1.29, 1.82) is 0 Å². The van der Waals surface area contributed by atoms with Crippen molar-refractivity contribution in [2.24, 2.45) is 11.8 Å². The van der Waals surface area contributed by atoms with Crippen molar-refractivity contribution in [1.82, 2.24) is 0 Å². The molecule has 0 bridgehead atoms. The second-order valence-electron chi connectivity index (χ2n) is 13.6. The lowest BCUT2D eigenvalue weighted by atomic mass is 9.72. The van der Waals surface area contributed by atoms with E-state index in [4.69, 9.17) is 0 Å². The smallest absolute Gasteiger partial charge is 0.119 e. The lowest BCUT2D eigenvalue weighted by Crippen LogP contribution is -2.18. The highest BCUT2D eigenvalue weighted by Gasteiger charge is 2.29. The number of aromatic hydroxyl groups is 2. The maximum atomic E-state index is 11.0. The van der Waals surface area contributed by atoms with E-state index in [1.165, 1.54) is 36.8 Å². The minimum Gasteiger partial charge on any atom is -0.508 e. The first-order chi connectivity index (χ1) is 21.0. The fourth-order valence-corrected chi connectivity index (χ4v) is 8.24. The second-order valence-corrected chi connectivity index (χ2v) is 13.6. The molecule has 2 nitrogen and oxygen atoms in total. The molecular formula is C41H48O2. The molecule has 4 aromatic carbocycles. The van der Waals surface area contributed by atoms with E-state index >= 15 is 0 Å². The molecule has 0 amide bonds. The predicted octanol–water partition coefficient (Wildman–Crippen LogP) is 10.8. The first-order valence-electron chi connectivity index (χ1n) is 16.7. The Labute approximate surface area is 258 Å². The van der Waals surface area contributed by atoms with Crippen LogP contribution in [0.4, 0.5) is 0 Å². The van der Waals surface area contributed by atoms with Crippen molar-refractivity contribution >= 4 is 0 Å². The van der Waals surface area contributed by atoms with Crippen LogP contribution >= 0.6 is 0 Å². The summed E-state index contributed by atoms with van der Waals surface area (Å²) in [7, 11) is 0. The number of phenols is 2. The van der Waals surface area contributed by atoms with E-state index in [9.17, 15) is 10.2 Å². The Morgan fingerprint density at radius 2 is 0.884 bits per heavy atom. The first-order valence-corrected chi connectivity index (χ1v) is 16.7. The summed E-state index contributed by atoms with van der Waals surface area (Å²) in [5.41, 5.74) is 7.27. The Morgan fingerprint density at radius 1 is 0.512 bits per heavy atom. The van der Waals surface area contributed by atoms with E-state index < -0.39 is 0 Å². The van der Waals surface area contributed by atoms with Crippen LogP contribution in [0.15, 0.2) is 97.1 Å². The summed E-state index contributed by atoms with van der Waals surface area (Å²) in [6.45, 7) is 4.74. The third-order valence-corrected chi connectivity index (χ3v) is 11.1. The van der Waals surface area contributed by atoms with Gasteiger partial charge in [-0.2, -0.15) is 0 Å². The van der Waals surface area contributed by atoms with Crippen LogP contribution in [0.1, 0.15) is 122 Å². The summed E-state index contributed by atoms with van der Waals surface area (Å²) in [6.07, 6.45) is 10.1. The fourth-order valence-electron chi connectivity index (χ4n) is 8.24. The Kier molecular flexibility index (Phi) is 9.22. The molecule has 2 unspecified atom stereocenters. The van der Waals surface area contributed by atoms with Gasteiger partial charge in [0.15, 0.2) is 0 Å². The summed E-state index contributed by atoms with van der Waals surface area (Å²) in [4.78, 5) is 0. The number of phenolic OH excluding ortho intramolecular Hbond substituents is 2. The van der Waals surface area contributed by atoms with Gasteiger partial charge >= 0.3 is 0 Å². The topological polar surface area (TPSA) is 40.5 Å². The number of hydrogen-bond acceptors (Lipinski definition) is 2. The third-order valence-electron chi connectivity index (χ3n) is 11.1. The summed E-state index contributed by atoms with van der Waals surface area (Å²) >= 11 is 0. The van der Waals surface area contributed by atoms with Crippen LogP contribution in [0.2, 0.25) is 0 Å². The first kappa shape index (κ1) is 29.5. The van der Waals surface area contributed by atoms with Crippen molar-refractivity contribution in [2.75, 3.05) is 0 Å². The van der Waals surface area contributed by atoms with Gasteiger partial charge in [0.2, 0.25) is 0 Å². The van der Waals surface area contributed by atoms with Gasteiger partial charge in [-0.3, -0.25) is 0 Å². The fraction of sp³-hybridized carbons (Fsp3) is 0.415. The van der Waals surface area contributed by atoms with E-state index in [1.807, 2.05) is 12.1 Å². The third kappa shape index (κ3) is 6.85. The van der Waals surface area contributed by atoms with Crippen LogP contribution in [0.25, 0.3) is 0 Å². The molecule has 0 spiro atoms. The number of rotatable bonds is 8. The van der Waals surface area contributed by atoms with Crippen LogP contribution < -0.4 is 0 Å². The highest BCUT2D eigenvalue weighted by molar-refractivity contribution is 5.44. The van der Waals surface area contributed by atoms with Crippen molar-refractivity contribution in [3.8, 4) is 11.5 Å². The maximum absolute atomic E-state index is 11.0. The lowest BCUT2D eigenvalue weighted by molar-refractivity contribution is 0.287. The van der Waals surface area contributed by atoms with E-state index in [2.05, 4.69) is 98.8 Å². The molecule has 2 fully saturated rings. The monoisotopic (exact) mass is 572 g/mol. The molecule has 2 aliphatic carbocycles. The molecule has 2 N–H and O–H groups in total. The minimum absolute atomic E-state index is 0.430. The molecule has 6 rings (SSSR count). The molecule has 224 valence electrons. The number of benzene rings is 4. The molecule has 0 heterocycles. The molecule has 2 saturated carbocycles. The summed E-state index contributed by atoms with van der Waals surface area (Å²) in [5, 5.41) is 22.1. The maximum Gasteiger partial charge on any atom is 0.119 e. The van der Waals surface area contributed by atoms with Gasteiger partial charge < -0.3 is 10.2 Å². The molecule has 2 atom stereocenters. The zero-order valence-corrected chi connectivity index (χ0v) is 26.0. The molecule has 0 aliphatic heterocycles. The van der Waals surface area contributed by atoms with Gasteiger partial charge in [0.25, 0.3) is 0 Å². The molecule has 0 radical (unpaired) electrons. The molecule has 4 aromatic rings. The predicted molar refractivity (Wildman–Crippen MR) is 178 cm³/mol. The Balaban J connectivity index is 1.03. The van der Waals surface area contributed by atoms with Crippen LogP contribution in [0.5, 0.6) is 11.5 Å². The normalized spacial score (nSPS) is 23.9. The van der Waals surface area contributed by atoms with Crippen molar-refractivity contribution in [2.45, 2.75) is 95.3 Å². The van der Waals surface area contributed by atoms with Crippen molar-refractivity contribution < 1.29 is 10.2 Å². The average molecular weight is 573 g/mol. The van der Waals surface area contributed by atoms with Crippen molar-refractivity contribution in [3.05, 3.63) is 130 Å². The standard InChI is InChI=1S/C41H48O2/c1-28(32-9-5-3-6-10-32)34-15-19-36(20-16-34)38-23-13-30(26-40(38)42)25-31-14-24-39(41(43)27-31)37-21-17-35(18-22-37)29(2)33-11-7-4-8-12-33/h3-14,23-24,26-29,34-37,42-43H,15-22,25H2,1-2H3. The van der Waals surface area contributed by atoms with E-state index in [0.717, 1.165) is 47.9 Å². The number of hydrogen-bond donors (Lipinski definition) is 2. The van der Waals surface area contributed by atoms with E-state index in [1.54, 1.807) is 0 Å². The Hall–Kier alpha value is -3.52. The van der Waals surface area contributed by atoms with Crippen LogP contribution in [-0.2, 0) is 6.42 Å². The summed E-state index contributed by atoms with van der Waals surface area (Å²) in [5.74, 6) is 4.31. The minimum atomic E-state index is 0.430. The quantitative estimate of drug-likeness (QED) is 0.220. The Bertz CT molecular complexity index is 1350. The van der Waals surface area contributed by atoms with Crippen LogP contribution in [0.3, 0.4) is 0 Å². The second kappa shape index (κ2) is 13.4. The van der Waals surface area contributed by atoms with Gasteiger partial charge in [-0.05, 0) is 139 Å². The molecule has 2 heteroatoms. The average Bonchev–Trinajstić information content (AvgIpc) is 3.05. The largest absolute Gasteiger partial charge is 0.508 e. The highest BCUT2D eigenvalue weighted by Crippen LogP contribution is 2.45. The van der Waals surface area contributed by atoms with Gasteiger partial charge in [0, 0.05) is 0 Å².